The van der Waals surface area contributed by atoms with Crippen molar-refractivity contribution in [3.63, 3.8) is 0 Å². The van der Waals surface area contributed by atoms with E-state index >= 15 is 0 Å². The van der Waals surface area contributed by atoms with Gasteiger partial charge in [-0.2, -0.15) is 10.2 Å². The Morgan fingerprint density at radius 3 is 2.04 bits per heavy atom. The maximum Gasteiger partial charge on any atom is 0.269 e. The summed E-state index contributed by atoms with van der Waals surface area (Å²) in [5.74, 6) is 0. The Bertz CT molecular complexity index is 714. The van der Waals surface area contributed by atoms with Crippen LogP contribution in [0.5, 0.6) is 0 Å². The Balaban J connectivity index is 2.09. The minimum absolute atomic E-state index is 0.0253. The summed E-state index contributed by atoms with van der Waals surface area (Å²) >= 11 is 0. The van der Waals surface area contributed by atoms with Crippen molar-refractivity contribution in [2.45, 2.75) is 26.3 Å². The maximum atomic E-state index is 10.6. The van der Waals surface area contributed by atoms with Gasteiger partial charge in [0.15, 0.2) is 0 Å². The summed E-state index contributed by atoms with van der Waals surface area (Å²) in [5.41, 5.74) is 2.29. The third-order valence-corrected chi connectivity index (χ3v) is 3.78. The summed E-state index contributed by atoms with van der Waals surface area (Å²) in [6.45, 7) is 5.05. The van der Waals surface area contributed by atoms with E-state index in [0.29, 0.717) is 11.4 Å². The Morgan fingerprint density at radius 1 is 1.08 bits per heavy atom. The second-order valence-electron chi connectivity index (χ2n) is 5.71. The molecule has 0 radical (unpaired) electrons. The fourth-order valence-electron chi connectivity index (χ4n) is 2.41. The van der Waals surface area contributed by atoms with Gasteiger partial charge >= 0.3 is 0 Å². The predicted molar refractivity (Wildman–Crippen MR) is 97.9 cm³/mol. The molecule has 0 aliphatic heterocycles. The van der Waals surface area contributed by atoms with Gasteiger partial charge in [-0.3, -0.25) is 10.1 Å². The summed E-state index contributed by atoms with van der Waals surface area (Å²) in [6.07, 6.45) is 0.992. The van der Waals surface area contributed by atoms with Crippen molar-refractivity contribution in [3.8, 4) is 0 Å². The molecule has 2 rings (SSSR count). The molecule has 0 aliphatic rings. The smallest absolute Gasteiger partial charge is 0.269 e. The summed E-state index contributed by atoms with van der Waals surface area (Å²) in [6, 6.07) is 13.6. The number of aliphatic hydroxyl groups is 1. The number of azo groups is 1. The lowest BCUT2D eigenvalue weighted by Crippen LogP contribution is -2.36. The average molecular weight is 342 g/mol. The molecule has 7 heteroatoms. The van der Waals surface area contributed by atoms with Gasteiger partial charge in [-0.05, 0) is 49.7 Å². The Morgan fingerprint density at radius 2 is 1.60 bits per heavy atom. The van der Waals surface area contributed by atoms with Crippen LogP contribution < -0.4 is 4.90 Å². The second-order valence-corrected chi connectivity index (χ2v) is 5.71. The fourth-order valence-corrected chi connectivity index (χ4v) is 2.41. The molecule has 0 aromatic heterocycles. The standard InChI is InChI=1S/C18H22N4O3/c1-3-12-21(14(2)13-23)17-8-4-15(5-9-17)19-20-16-6-10-18(11-7-16)22(24)25/h4-11,14,23H,3,12-13H2,1-2H3. The molecule has 132 valence electrons. The lowest BCUT2D eigenvalue weighted by Gasteiger charge is -2.29. The van der Waals surface area contributed by atoms with E-state index in [1.165, 1.54) is 12.1 Å². The van der Waals surface area contributed by atoms with Gasteiger partial charge in [0.2, 0.25) is 0 Å². The number of hydrogen-bond acceptors (Lipinski definition) is 6. The van der Waals surface area contributed by atoms with Crippen molar-refractivity contribution >= 4 is 22.7 Å². The molecule has 0 amide bonds. The van der Waals surface area contributed by atoms with E-state index in [9.17, 15) is 15.2 Å². The Labute approximate surface area is 146 Å². The van der Waals surface area contributed by atoms with Gasteiger partial charge in [-0.25, -0.2) is 0 Å². The van der Waals surface area contributed by atoms with Crippen LogP contribution in [0.2, 0.25) is 0 Å². The van der Waals surface area contributed by atoms with Crippen LogP contribution in [0.1, 0.15) is 20.3 Å². The van der Waals surface area contributed by atoms with E-state index in [1.54, 1.807) is 12.1 Å². The normalized spacial score (nSPS) is 12.3. The minimum atomic E-state index is -0.449. The van der Waals surface area contributed by atoms with Crippen LogP contribution in [-0.4, -0.2) is 29.2 Å². The minimum Gasteiger partial charge on any atom is -0.394 e. The Kier molecular flexibility index (Phi) is 6.59. The number of aliphatic hydroxyl groups excluding tert-OH is 1. The van der Waals surface area contributed by atoms with E-state index in [0.717, 1.165) is 18.7 Å². The van der Waals surface area contributed by atoms with Crippen molar-refractivity contribution in [1.29, 1.82) is 0 Å². The van der Waals surface area contributed by atoms with Crippen molar-refractivity contribution in [1.82, 2.24) is 0 Å². The number of non-ortho nitro benzene ring substituents is 1. The SMILES string of the molecule is CCCN(c1ccc(N=Nc2ccc([N+](=O)[O-])cc2)cc1)C(C)CO. The zero-order valence-electron chi connectivity index (χ0n) is 14.4. The molecule has 0 saturated carbocycles. The molecule has 0 heterocycles. The first-order chi connectivity index (χ1) is 12.0. The van der Waals surface area contributed by atoms with Crippen LogP contribution in [0.4, 0.5) is 22.7 Å². The van der Waals surface area contributed by atoms with Gasteiger partial charge in [0.1, 0.15) is 0 Å². The molecule has 1 atom stereocenters. The first kappa shape index (κ1) is 18.5. The number of nitro benzene ring substituents is 1. The van der Waals surface area contributed by atoms with E-state index < -0.39 is 4.92 Å². The highest BCUT2D eigenvalue weighted by atomic mass is 16.6. The Hall–Kier alpha value is -2.80. The quantitative estimate of drug-likeness (QED) is 0.431. The fraction of sp³-hybridized carbons (Fsp3) is 0.333. The van der Waals surface area contributed by atoms with Crippen molar-refractivity contribution in [3.05, 3.63) is 58.6 Å². The predicted octanol–water partition coefficient (Wildman–Crippen LogP) is 4.61. The summed E-state index contributed by atoms with van der Waals surface area (Å²) < 4.78 is 0. The summed E-state index contributed by atoms with van der Waals surface area (Å²) in [7, 11) is 0. The number of nitrogens with zero attached hydrogens (tertiary/aromatic N) is 4. The van der Waals surface area contributed by atoms with Gasteiger partial charge < -0.3 is 10.0 Å². The molecule has 0 aliphatic carbocycles. The highest BCUT2D eigenvalue weighted by Crippen LogP contribution is 2.24. The topological polar surface area (TPSA) is 91.3 Å². The molecule has 0 bridgehead atoms. The van der Waals surface area contributed by atoms with E-state index in [4.69, 9.17) is 0 Å². The third-order valence-electron chi connectivity index (χ3n) is 3.78. The van der Waals surface area contributed by atoms with Crippen LogP contribution in [-0.2, 0) is 0 Å². The summed E-state index contributed by atoms with van der Waals surface area (Å²) in [4.78, 5) is 12.3. The first-order valence-electron chi connectivity index (χ1n) is 8.19. The van der Waals surface area contributed by atoms with Crippen molar-refractivity contribution < 1.29 is 10.0 Å². The lowest BCUT2D eigenvalue weighted by atomic mass is 10.2. The highest BCUT2D eigenvalue weighted by Gasteiger charge is 2.12. The number of rotatable bonds is 8. The van der Waals surface area contributed by atoms with Crippen LogP contribution in [0.15, 0.2) is 58.8 Å². The van der Waals surface area contributed by atoms with Crippen LogP contribution >= 0.6 is 0 Å². The maximum absolute atomic E-state index is 10.6. The van der Waals surface area contributed by atoms with Gasteiger partial charge in [-0.1, -0.05) is 6.92 Å². The van der Waals surface area contributed by atoms with Gasteiger partial charge in [0, 0.05) is 30.4 Å². The third kappa shape index (κ3) is 5.09. The molecule has 2 aromatic rings. The number of hydrogen-bond donors (Lipinski definition) is 1. The molecule has 1 unspecified atom stereocenters. The molecule has 1 N–H and O–H groups in total. The average Bonchev–Trinajstić information content (AvgIpc) is 2.64. The molecule has 0 fully saturated rings. The molecule has 0 spiro atoms. The molecule has 2 aromatic carbocycles. The number of nitro groups is 1. The molecule has 25 heavy (non-hydrogen) atoms. The number of anilines is 1. The monoisotopic (exact) mass is 342 g/mol. The highest BCUT2D eigenvalue weighted by molar-refractivity contribution is 5.53. The van der Waals surface area contributed by atoms with E-state index in [1.807, 2.05) is 31.2 Å². The van der Waals surface area contributed by atoms with Crippen molar-refractivity contribution in [2.75, 3.05) is 18.1 Å². The lowest BCUT2D eigenvalue weighted by molar-refractivity contribution is -0.384. The van der Waals surface area contributed by atoms with Gasteiger partial charge in [0.25, 0.3) is 5.69 Å². The molecular formula is C18H22N4O3. The van der Waals surface area contributed by atoms with E-state index in [2.05, 4.69) is 22.1 Å². The van der Waals surface area contributed by atoms with Crippen LogP contribution in [0, 0.1) is 10.1 Å². The van der Waals surface area contributed by atoms with Crippen molar-refractivity contribution in [2.24, 2.45) is 10.2 Å². The molecular weight excluding hydrogens is 320 g/mol. The van der Waals surface area contributed by atoms with Gasteiger partial charge in [-0.15, -0.1) is 0 Å². The first-order valence-corrected chi connectivity index (χ1v) is 8.19. The van der Waals surface area contributed by atoms with Crippen LogP contribution in [0.3, 0.4) is 0 Å². The number of benzene rings is 2. The molecule has 0 saturated heterocycles. The second kappa shape index (κ2) is 8.89. The van der Waals surface area contributed by atoms with Crippen LogP contribution in [0.25, 0.3) is 0 Å². The summed E-state index contributed by atoms with van der Waals surface area (Å²) in [5, 5.41) is 28.3. The zero-order valence-corrected chi connectivity index (χ0v) is 14.4. The van der Waals surface area contributed by atoms with Gasteiger partial charge in [0.05, 0.1) is 22.9 Å². The van der Waals surface area contributed by atoms with E-state index in [-0.39, 0.29) is 18.3 Å². The zero-order chi connectivity index (χ0) is 18.2. The molecule has 7 nitrogen and oxygen atoms in total. The largest absolute Gasteiger partial charge is 0.394 e.